The van der Waals surface area contributed by atoms with Crippen molar-refractivity contribution in [2.45, 2.75) is 4.90 Å². The minimum atomic E-state index is -3.55. The van der Waals surface area contributed by atoms with Gasteiger partial charge in [-0.15, -0.1) is 0 Å². The molecule has 3 aromatic rings. The van der Waals surface area contributed by atoms with Gasteiger partial charge in [0.1, 0.15) is 0 Å². The quantitative estimate of drug-likeness (QED) is 0.440. The second-order valence-electron chi connectivity index (χ2n) is 7.01. The second kappa shape index (κ2) is 8.31. The molecule has 9 heteroatoms. The summed E-state index contributed by atoms with van der Waals surface area (Å²) < 4.78 is 27.7. The summed E-state index contributed by atoms with van der Waals surface area (Å²) in [5.74, 6) is 0. The second-order valence-corrected chi connectivity index (χ2v) is 8.95. The lowest BCUT2D eigenvalue weighted by Crippen LogP contribution is -2.48. The maximum Gasteiger partial charge on any atom is 0.342 e. The summed E-state index contributed by atoms with van der Waals surface area (Å²) in [6.07, 6.45) is 0. The zero-order valence-electron chi connectivity index (χ0n) is 16.2. The molecule has 1 heterocycles. The molecule has 1 fully saturated rings. The van der Waals surface area contributed by atoms with Crippen LogP contribution in [-0.2, 0) is 10.0 Å². The Hall–Kier alpha value is -3.14. The minimum Gasteiger partial charge on any atom is -0.369 e. The number of anilines is 2. The van der Waals surface area contributed by atoms with E-state index in [1.807, 2.05) is 42.5 Å². The first-order valence-electron chi connectivity index (χ1n) is 9.52. The van der Waals surface area contributed by atoms with Gasteiger partial charge in [0, 0.05) is 37.6 Å². The normalized spacial score (nSPS) is 15.2. The summed E-state index contributed by atoms with van der Waals surface area (Å²) in [6.45, 7) is 1.91. The fourth-order valence-electron chi connectivity index (χ4n) is 3.58. The molecule has 2 amide bonds. The van der Waals surface area contributed by atoms with Gasteiger partial charge in [0.2, 0.25) is 10.0 Å². The molecule has 0 unspecified atom stereocenters. The van der Waals surface area contributed by atoms with Crippen LogP contribution in [0.5, 0.6) is 0 Å². The van der Waals surface area contributed by atoms with Crippen molar-refractivity contribution >= 4 is 38.2 Å². The van der Waals surface area contributed by atoms with Crippen molar-refractivity contribution in [2.75, 3.05) is 36.4 Å². The smallest absolute Gasteiger partial charge is 0.342 e. The molecule has 3 N–H and O–H groups in total. The van der Waals surface area contributed by atoms with E-state index < -0.39 is 16.1 Å². The molecule has 1 aliphatic heterocycles. The number of fused-ring (bicyclic) bond motifs is 1. The fourth-order valence-corrected chi connectivity index (χ4v) is 5.04. The van der Waals surface area contributed by atoms with Crippen LogP contribution in [-0.4, -0.2) is 50.1 Å². The van der Waals surface area contributed by atoms with E-state index in [1.165, 1.54) is 9.79 Å². The number of hydrogen-bond donors (Lipinski definition) is 3. The Morgan fingerprint density at radius 1 is 0.867 bits per heavy atom. The number of nitrogens with zero attached hydrogens (tertiary/aromatic N) is 2. The number of carbonyl (C=O) groups is 1. The lowest BCUT2D eigenvalue weighted by Gasteiger charge is -2.35. The van der Waals surface area contributed by atoms with E-state index in [-0.39, 0.29) is 0 Å². The van der Waals surface area contributed by atoms with Crippen molar-refractivity contribution in [3.63, 3.8) is 0 Å². The Morgan fingerprint density at radius 3 is 2.20 bits per heavy atom. The maximum absolute atomic E-state index is 13.1. The van der Waals surface area contributed by atoms with Crippen LogP contribution < -0.4 is 15.7 Å². The molecule has 1 aliphatic rings. The van der Waals surface area contributed by atoms with Crippen LogP contribution in [0.15, 0.2) is 71.6 Å². The SMILES string of the molecule is O=C(NO)Nc1ccc(N2CCN(S(=O)(=O)c3ccc4ccccc4c3)CC2)cc1. The van der Waals surface area contributed by atoms with Crippen molar-refractivity contribution in [3.8, 4) is 0 Å². The first-order chi connectivity index (χ1) is 14.5. The van der Waals surface area contributed by atoms with Gasteiger partial charge in [0.25, 0.3) is 0 Å². The Morgan fingerprint density at radius 2 is 1.53 bits per heavy atom. The van der Waals surface area contributed by atoms with E-state index in [1.54, 1.807) is 24.3 Å². The van der Waals surface area contributed by atoms with Crippen molar-refractivity contribution in [3.05, 3.63) is 66.7 Å². The van der Waals surface area contributed by atoms with Crippen LogP contribution >= 0.6 is 0 Å². The predicted molar refractivity (Wildman–Crippen MR) is 115 cm³/mol. The van der Waals surface area contributed by atoms with Gasteiger partial charge in [-0.1, -0.05) is 30.3 Å². The summed E-state index contributed by atoms with van der Waals surface area (Å²) in [7, 11) is -3.55. The Bertz CT molecular complexity index is 1160. The summed E-state index contributed by atoms with van der Waals surface area (Å²) in [5, 5.41) is 12.9. The lowest BCUT2D eigenvalue weighted by molar-refractivity contribution is 0.172. The van der Waals surface area contributed by atoms with Gasteiger partial charge in [0.05, 0.1) is 4.90 Å². The number of sulfonamides is 1. The highest BCUT2D eigenvalue weighted by Gasteiger charge is 2.28. The van der Waals surface area contributed by atoms with Crippen LogP contribution in [0.25, 0.3) is 10.8 Å². The molecule has 0 atom stereocenters. The number of hydroxylamine groups is 1. The Labute approximate surface area is 174 Å². The molecule has 1 saturated heterocycles. The molecule has 0 saturated carbocycles. The lowest BCUT2D eigenvalue weighted by atomic mass is 10.1. The molecule has 8 nitrogen and oxygen atoms in total. The van der Waals surface area contributed by atoms with Crippen LogP contribution in [0.3, 0.4) is 0 Å². The van der Waals surface area contributed by atoms with E-state index in [0.29, 0.717) is 36.8 Å². The van der Waals surface area contributed by atoms with E-state index in [2.05, 4.69) is 10.2 Å². The topological polar surface area (TPSA) is 102 Å². The summed E-state index contributed by atoms with van der Waals surface area (Å²) in [6, 6.07) is 19.4. The van der Waals surface area contributed by atoms with Crippen molar-refractivity contribution in [1.82, 2.24) is 9.79 Å². The molecule has 0 radical (unpaired) electrons. The zero-order chi connectivity index (χ0) is 21.1. The van der Waals surface area contributed by atoms with Gasteiger partial charge >= 0.3 is 6.03 Å². The fraction of sp³-hybridized carbons (Fsp3) is 0.190. The van der Waals surface area contributed by atoms with Gasteiger partial charge < -0.3 is 10.2 Å². The minimum absolute atomic E-state index is 0.312. The maximum atomic E-state index is 13.1. The highest BCUT2D eigenvalue weighted by atomic mass is 32.2. The monoisotopic (exact) mass is 426 g/mol. The highest BCUT2D eigenvalue weighted by molar-refractivity contribution is 7.89. The number of amides is 2. The van der Waals surface area contributed by atoms with E-state index in [4.69, 9.17) is 5.21 Å². The van der Waals surface area contributed by atoms with E-state index in [0.717, 1.165) is 16.5 Å². The average molecular weight is 426 g/mol. The standard InChI is InChI=1S/C21H22N4O4S/c26-21(23-27)22-18-6-8-19(9-7-18)24-11-13-25(14-12-24)30(28,29)20-10-5-16-3-1-2-4-17(16)15-20/h1-10,15,27H,11-14H2,(H2,22,23,26). The zero-order valence-corrected chi connectivity index (χ0v) is 17.0. The summed E-state index contributed by atoms with van der Waals surface area (Å²) >= 11 is 0. The largest absolute Gasteiger partial charge is 0.369 e. The average Bonchev–Trinajstić information content (AvgIpc) is 2.79. The number of piperazine rings is 1. The van der Waals surface area contributed by atoms with Gasteiger partial charge in [-0.25, -0.2) is 18.7 Å². The van der Waals surface area contributed by atoms with Crippen LogP contribution in [0.2, 0.25) is 0 Å². The number of rotatable bonds is 4. The molecule has 156 valence electrons. The van der Waals surface area contributed by atoms with Gasteiger partial charge in [-0.3, -0.25) is 5.21 Å². The third-order valence-electron chi connectivity index (χ3n) is 5.19. The molecule has 0 aromatic heterocycles. The van der Waals surface area contributed by atoms with Crippen LogP contribution in [0.1, 0.15) is 0 Å². The number of urea groups is 1. The van der Waals surface area contributed by atoms with Gasteiger partial charge in [-0.05, 0) is 47.2 Å². The molecular formula is C21H22N4O4S. The molecule has 30 heavy (non-hydrogen) atoms. The van der Waals surface area contributed by atoms with E-state index >= 15 is 0 Å². The first-order valence-corrected chi connectivity index (χ1v) is 11.0. The van der Waals surface area contributed by atoms with Crippen molar-refractivity contribution in [2.24, 2.45) is 0 Å². The summed E-state index contributed by atoms with van der Waals surface area (Å²) in [4.78, 5) is 13.6. The van der Waals surface area contributed by atoms with Crippen molar-refractivity contribution < 1.29 is 18.4 Å². The molecular weight excluding hydrogens is 404 g/mol. The molecule has 4 rings (SSSR count). The number of carbonyl (C=O) groups excluding carboxylic acids is 1. The van der Waals surface area contributed by atoms with Gasteiger partial charge in [-0.2, -0.15) is 4.31 Å². The first kappa shape index (κ1) is 20.1. The molecule has 3 aromatic carbocycles. The predicted octanol–water partition coefficient (Wildman–Crippen LogP) is 2.86. The molecule has 0 bridgehead atoms. The molecule has 0 aliphatic carbocycles. The Kier molecular flexibility index (Phi) is 5.58. The van der Waals surface area contributed by atoms with E-state index in [9.17, 15) is 13.2 Å². The Balaban J connectivity index is 1.43. The van der Waals surface area contributed by atoms with Crippen molar-refractivity contribution in [1.29, 1.82) is 0 Å². The van der Waals surface area contributed by atoms with Gasteiger partial charge in [0.15, 0.2) is 0 Å². The molecule has 0 spiro atoms. The highest BCUT2D eigenvalue weighted by Crippen LogP contribution is 2.25. The summed E-state index contributed by atoms with van der Waals surface area (Å²) in [5.41, 5.74) is 2.99. The van der Waals surface area contributed by atoms with Crippen LogP contribution in [0.4, 0.5) is 16.2 Å². The number of benzene rings is 3. The van der Waals surface area contributed by atoms with Crippen LogP contribution in [0, 0.1) is 0 Å². The third-order valence-corrected chi connectivity index (χ3v) is 7.08. The third kappa shape index (κ3) is 4.09. The number of hydrogen-bond acceptors (Lipinski definition) is 5. The number of nitrogens with one attached hydrogen (secondary N) is 2.